The van der Waals surface area contributed by atoms with Crippen LogP contribution < -0.4 is 15.0 Å². The number of carbonyl (C=O) groups is 1. The first-order valence-corrected chi connectivity index (χ1v) is 9.56. The fourth-order valence-corrected chi connectivity index (χ4v) is 3.17. The standard InChI is InChI=1S/C21H28N4O2/c1-4-24-9-11-25(12-10-24)18-13-17(14-22-15-18)21(26)23-19-7-5-6-8-20(19)27-16(2)3/h5-8,13-16H,4,9-12H2,1-3H3,(H,23,26). The number of likely N-dealkylation sites (N-methyl/N-ethyl adjacent to an activating group) is 1. The van der Waals surface area contributed by atoms with E-state index in [0.29, 0.717) is 17.0 Å². The van der Waals surface area contributed by atoms with Crippen molar-refractivity contribution < 1.29 is 9.53 Å². The third-order valence-corrected chi connectivity index (χ3v) is 4.67. The number of piperazine rings is 1. The lowest BCUT2D eigenvalue weighted by molar-refractivity contribution is 0.102. The van der Waals surface area contributed by atoms with Crippen LogP contribution >= 0.6 is 0 Å². The maximum Gasteiger partial charge on any atom is 0.257 e. The second-order valence-corrected chi connectivity index (χ2v) is 6.97. The largest absolute Gasteiger partial charge is 0.489 e. The zero-order valence-corrected chi connectivity index (χ0v) is 16.3. The zero-order chi connectivity index (χ0) is 19.2. The summed E-state index contributed by atoms with van der Waals surface area (Å²) in [5.74, 6) is 0.483. The van der Waals surface area contributed by atoms with Crippen molar-refractivity contribution in [1.82, 2.24) is 9.88 Å². The van der Waals surface area contributed by atoms with Gasteiger partial charge in [0.1, 0.15) is 5.75 Å². The Hall–Kier alpha value is -2.60. The molecule has 0 bridgehead atoms. The average molecular weight is 368 g/mol. The summed E-state index contributed by atoms with van der Waals surface area (Å²) in [6.07, 6.45) is 3.47. The molecular weight excluding hydrogens is 340 g/mol. The number of pyridine rings is 1. The van der Waals surface area contributed by atoms with E-state index in [1.165, 1.54) is 0 Å². The summed E-state index contributed by atoms with van der Waals surface area (Å²) in [6, 6.07) is 9.39. The fourth-order valence-electron chi connectivity index (χ4n) is 3.17. The second-order valence-electron chi connectivity index (χ2n) is 6.97. The van der Waals surface area contributed by atoms with E-state index in [1.807, 2.05) is 50.4 Å². The van der Waals surface area contributed by atoms with Gasteiger partial charge in [-0.05, 0) is 38.6 Å². The molecule has 0 saturated carbocycles. The molecule has 1 saturated heterocycles. The van der Waals surface area contributed by atoms with E-state index in [4.69, 9.17) is 4.74 Å². The normalized spacial score (nSPS) is 15.0. The Kier molecular flexibility index (Phi) is 6.29. The first kappa shape index (κ1) is 19.2. The van der Waals surface area contributed by atoms with Gasteiger partial charge in [-0.15, -0.1) is 0 Å². The first-order valence-electron chi connectivity index (χ1n) is 9.56. The third-order valence-electron chi connectivity index (χ3n) is 4.67. The van der Waals surface area contributed by atoms with E-state index in [0.717, 1.165) is 38.4 Å². The van der Waals surface area contributed by atoms with Gasteiger partial charge in [-0.25, -0.2) is 0 Å². The van der Waals surface area contributed by atoms with Crippen LogP contribution in [-0.2, 0) is 0 Å². The number of benzene rings is 1. The van der Waals surface area contributed by atoms with Gasteiger partial charge < -0.3 is 19.9 Å². The number of rotatable bonds is 6. The Labute approximate surface area is 161 Å². The molecule has 27 heavy (non-hydrogen) atoms. The predicted molar refractivity (Wildman–Crippen MR) is 109 cm³/mol. The highest BCUT2D eigenvalue weighted by atomic mass is 16.5. The maximum absolute atomic E-state index is 12.8. The van der Waals surface area contributed by atoms with Crippen molar-refractivity contribution in [2.24, 2.45) is 0 Å². The molecule has 2 aromatic rings. The molecule has 0 aliphatic carbocycles. The monoisotopic (exact) mass is 368 g/mol. The number of anilines is 2. The van der Waals surface area contributed by atoms with E-state index < -0.39 is 0 Å². The molecule has 144 valence electrons. The number of carbonyl (C=O) groups excluding carboxylic acids is 1. The summed E-state index contributed by atoms with van der Waals surface area (Å²) in [7, 11) is 0. The van der Waals surface area contributed by atoms with Gasteiger partial charge in [0.05, 0.1) is 29.2 Å². The minimum absolute atomic E-state index is 0.0369. The second kappa shape index (κ2) is 8.86. The van der Waals surface area contributed by atoms with Crippen LogP contribution in [0, 0.1) is 0 Å². The van der Waals surface area contributed by atoms with Gasteiger partial charge in [0, 0.05) is 32.4 Å². The number of hydrogen-bond donors (Lipinski definition) is 1. The Balaban J connectivity index is 1.71. The summed E-state index contributed by atoms with van der Waals surface area (Å²) >= 11 is 0. The van der Waals surface area contributed by atoms with Crippen LogP contribution in [0.4, 0.5) is 11.4 Å². The minimum Gasteiger partial charge on any atom is -0.489 e. The van der Waals surface area contributed by atoms with Crippen LogP contribution in [0.15, 0.2) is 42.7 Å². The molecule has 0 radical (unpaired) electrons. The van der Waals surface area contributed by atoms with Gasteiger partial charge in [0.15, 0.2) is 0 Å². The summed E-state index contributed by atoms with van der Waals surface area (Å²) < 4.78 is 5.78. The zero-order valence-electron chi connectivity index (χ0n) is 16.3. The molecule has 0 spiro atoms. The third kappa shape index (κ3) is 4.98. The van der Waals surface area contributed by atoms with Crippen molar-refractivity contribution in [2.75, 3.05) is 42.9 Å². The first-order chi connectivity index (χ1) is 13.1. The van der Waals surface area contributed by atoms with Crippen LogP contribution in [0.3, 0.4) is 0 Å². The highest BCUT2D eigenvalue weighted by Gasteiger charge is 2.18. The Morgan fingerprint density at radius 2 is 1.93 bits per heavy atom. The lowest BCUT2D eigenvalue weighted by Crippen LogP contribution is -2.46. The van der Waals surface area contributed by atoms with Crippen LogP contribution in [0.1, 0.15) is 31.1 Å². The van der Waals surface area contributed by atoms with Crippen molar-refractivity contribution in [3.05, 3.63) is 48.3 Å². The minimum atomic E-state index is -0.184. The summed E-state index contributed by atoms with van der Waals surface area (Å²) in [6.45, 7) is 11.2. The highest BCUT2D eigenvalue weighted by Crippen LogP contribution is 2.26. The van der Waals surface area contributed by atoms with Gasteiger partial charge in [-0.2, -0.15) is 0 Å². The lowest BCUT2D eigenvalue weighted by atomic mass is 10.2. The molecule has 1 N–H and O–H groups in total. The molecule has 3 rings (SSSR count). The van der Waals surface area contributed by atoms with Gasteiger partial charge in [0.25, 0.3) is 5.91 Å². The summed E-state index contributed by atoms with van der Waals surface area (Å²) in [4.78, 5) is 21.7. The number of aromatic nitrogens is 1. The highest BCUT2D eigenvalue weighted by molar-refractivity contribution is 6.05. The molecule has 0 unspecified atom stereocenters. The molecule has 1 amide bonds. The van der Waals surface area contributed by atoms with Gasteiger partial charge in [-0.3, -0.25) is 9.78 Å². The smallest absolute Gasteiger partial charge is 0.257 e. The molecule has 1 fully saturated rings. The summed E-state index contributed by atoms with van der Waals surface area (Å²) in [5, 5.41) is 2.95. The molecule has 1 aromatic carbocycles. The van der Waals surface area contributed by atoms with Crippen molar-refractivity contribution >= 4 is 17.3 Å². The molecular formula is C21H28N4O2. The van der Waals surface area contributed by atoms with Gasteiger partial charge in [-0.1, -0.05) is 19.1 Å². The quantitative estimate of drug-likeness (QED) is 0.848. The molecule has 1 aliphatic rings. The summed E-state index contributed by atoms with van der Waals surface area (Å²) in [5.41, 5.74) is 2.20. The average Bonchev–Trinajstić information content (AvgIpc) is 2.69. The number of para-hydroxylation sites is 2. The molecule has 1 aromatic heterocycles. The van der Waals surface area contributed by atoms with E-state index in [9.17, 15) is 4.79 Å². The molecule has 1 aliphatic heterocycles. The predicted octanol–water partition coefficient (Wildman–Crippen LogP) is 3.26. The lowest BCUT2D eigenvalue weighted by Gasteiger charge is -2.35. The molecule has 0 atom stereocenters. The SMILES string of the molecule is CCN1CCN(c2cncc(C(=O)Nc3ccccc3OC(C)C)c2)CC1. The van der Waals surface area contributed by atoms with Crippen molar-refractivity contribution in [2.45, 2.75) is 26.9 Å². The van der Waals surface area contributed by atoms with E-state index >= 15 is 0 Å². The fraction of sp³-hybridized carbons (Fsp3) is 0.429. The van der Waals surface area contributed by atoms with E-state index in [1.54, 1.807) is 6.20 Å². The van der Waals surface area contributed by atoms with Crippen LogP contribution in [0.25, 0.3) is 0 Å². The Bertz CT molecular complexity index is 770. The number of hydrogen-bond acceptors (Lipinski definition) is 5. The molecule has 2 heterocycles. The van der Waals surface area contributed by atoms with Crippen LogP contribution in [0.5, 0.6) is 5.75 Å². The van der Waals surface area contributed by atoms with Crippen molar-refractivity contribution in [3.63, 3.8) is 0 Å². The number of nitrogens with one attached hydrogen (secondary N) is 1. The number of nitrogens with zero attached hydrogens (tertiary/aromatic N) is 3. The van der Waals surface area contributed by atoms with Crippen molar-refractivity contribution in [1.29, 1.82) is 0 Å². The van der Waals surface area contributed by atoms with Gasteiger partial charge >= 0.3 is 0 Å². The topological polar surface area (TPSA) is 57.7 Å². The maximum atomic E-state index is 12.8. The van der Waals surface area contributed by atoms with Crippen molar-refractivity contribution in [3.8, 4) is 5.75 Å². The Morgan fingerprint density at radius 1 is 1.19 bits per heavy atom. The number of amides is 1. The molecule has 6 nitrogen and oxygen atoms in total. The van der Waals surface area contributed by atoms with Crippen LogP contribution in [-0.4, -0.2) is 54.6 Å². The van der Waals surface area contributed by atoms with E-state index in [-0.39, 0.29) is 12.0 Å². The Morgan fingerprint density at radius 3 is 2.63 bits per heavy atom. The molecule has 6 heteroatoms. The van der Waals surface area contributed by atoms with E-state index in [2.05, 4.69) is 27.0 Å². The van der Waals surface area contributed by atoms with Crippen LogP contribution in [0.2, 0.25) is 0 Å². The number of ether oxygens (including phenoxy) is 1. The van der Waals surface area contributed by atoms with Gasteiger partial charge in [0.2, 0.25) is 0 Å².